The van der Waals surface area contributed by atoms with Crippen molar-refractivity contribution >= 4 is 0 Å². The van der Waals surface area contributed by atoms with Crippen LogP contribution in [0.3, 0.4) is 0 Å². The molecular weight excluding hydrogens is 156 g/mol. The fourth-order valence-corrected chi connectivity index (χ4v) is 0. The van der Waals surface area contributed by atoms with Gasteiger partial charge in [-0.25, -0.2) is 0 Å². The van der Waals surface area contributed by atoms with Gasteiger partial charge in [-0.3, -0.25) is 0 Å². The largest absolute Gasteiger partial charge is 0.394 e. The third-order valence-electron chi connectivity index (χ3n) is 0.677. The Hall–Kier alpha value is -0.160. The van der Waals surface area contributed by atoms with Crippen molar-refractivity contribution in [2.24, 2.45) is 11.5 Å². The summed E-state index contributed by atoms with van der Waals surface area (Å²) >= 11 is 0. The van der Waals surface area contributed by atoms with Crippen molar-refractivity contribution < 1.29 is 10.2 Å². The molecule has 0 spiro atoms. The minimum atomic E-state index is -0.125. The van der Waals surface area contributed by atoms with Gasteiger partial charge in [-0.1, -0.05) is 13.8 Å². The highest BCUT2D eigenvalue weighted by Crippen LogP contribution is 1.57. The summed E-state index contributed by atoms with van der Waals surface area (Å²) in [6, 6.07) is 0. The van der Waals surface area contributed by atoms with Crippen LogP contribution in [-0.2, 0) is 0 Å². The Balaban J connectivity index is -0.000000101. The number of nitrogens with two attached hydrogens (primary N) is 2. The van der Waals surface area contributed by atoms with Gasteiger partial charge in [0.1, 0.15) is 0 Å². The summed E-state index contributed by atoms with van der Waals surface area (Å²) in [6.45, 7) is 5.50. The zero-order valence-electron chi connectivity index (χ0n) is 8.29. The zero-order valence-corrected chi connectivity index (χ0v) is 8.29. The predicted molar refractivity (Wildman–Crippen MR) is 52.9 cm³/mol. The van der Waals surface area contributed by atoms with Crippen LogP contribution in [0.25, 0.3) is 0 Å². The van der Waals surface area contributed by atoms with Crippen molar-refractivity contribution in [3.63, 3.8) is 0 Å². The lowest BCUT2D eigenvalue weighted by molar-refractivity contribution is 0.186. The van der Waals surface area contributed by atoms with Gasteiger partial charge >= 0.3 is 0 Å². The lowest BCUT2D eigenvalue weighted by atomic mass is 10.5. The molecule has 0 aliphatic rings. The molecule has 0 aliphatic carbocycles. The van der Waals surface area contributed by atoms with Gasteiger partial charge in [0.05, 0.1) is 13.2 Å². The molecule has 4 heteroatoms. The second kappa shape index (κ2) is 30.8. The summed E-state index contributed by atoms with van der Waals surface area (Å²) in [4.78, 5) is 0. The van der Waals surface area contributed by atoms with E-state index in [2.05, 4.69) is 13.8 Å². The van der Waals surface area contributed by atoms with Crippen molar-refractivity contribution in [2.45, 2.75) is 26.7 Å². The molecule has 6 N–H and O–H groups in total. The van der Waals surface area contributed by atoms with Crippen molar-refractivity contribution in [1.82, 2.24) is 0 Å². The van der Waals surface area contributed by atoms with Gasteiger partial charge in [-0.15, -0.1) is 0 Å². The predicted octanol–water partition coefficient (Wildman–Crippen LogP) is -0.319. The SMILES string of the molecule is CCCN.CCCN.OCCO. The van der Waals surface area contributed by atoms with E-state index in [1.165, 1.54) is 0 Å². The maximum atomic E-state index is 7.62. The maximum Gasteiger partial charge on any atom is 0.0662 e. The molecule has 0 aromatic carbocycles. The second-order valence-electron chi connectivity index (χ2n) is 2.02. The van der Waals surface area contributed by atoms with E-state index in [1.54, 1.807) is 0 Å². The van der Waals surface area contributed by atoms with E-state index in [0.717, 1.165) is 25.9 Å². The normalized spacial score (nSPS) is 7.50. The van der Waals surface area contributed by atoms with Crippen LogP contribution in [0.2, 0.25) is 0 Å². The van der Waals surface area contributed by atoms with Crippen LogP contribution in [-0.4, -0.2) is 36.5 Å². The van der Waals surface area contributed by atoms with Gasteiger partial charge in [0, 0.05) is 0 Å². The van der Waals surface area contributed by atoms with Crippen LogP contribution in [0, 0.1) is 0 Å². The van der Waals surface area contributed by atoms with E-state index >= 15 is 0 Å². The maximum absolute atomic E-state index is 7.62. The first-order valence-corrected chi connectivity index (χ1v) is 4.36. The highest BCUT2D eigenvalue weighted by atomic mass is 16.3. The molecule has 0 unspecified atom stereocenters. The third-order valence-corrected chi connectivity index (χ3v) is 0.677. The summed E-state index contributed by atoms with van der Waals surface area (Å²) < 4.78 is 0. The highest BCUT2D eigenvalue weighted by molar-refractivity contribution is 4.19. The van der Waals surface area contributed by atoms with Crippen LogP contribution in [0.1, 0.15) is 26.7 Å². The fraction of sp³-hybridized carbons (Fsp3) is 1.00. The first kappa shape index (κ1) is 17.8. The summed E-state index contributed by atoms with van der Waals surface area (Å²) in [5, 5.41) is 15.2. The molecule has 0 aromatic heterocycles. The Kier molecular flexibility index (Phi) is 45.7. The second-order valence-corrected chi connectivity index (χ2v) is 2.02. The van der Waals surface area contributed by atoms with E-state index in [9.17, 15) is 0 Å². The molecule has 12 heavy (non-hydrogen) atoms. The number of rotatable bonds is 3. The van der Waals surface area contributed by atoms with Crippen molar-refractivity contribution in [3.05, 3.63) is 0 Å². The minimum absolute atomic E-state index is 0.125. The lowest BCUT2D eigenvalue weighted by Crippen LogP contribution is -1.93. The molecule has 0 aliphatic heterocycles. The van der Waals surface area contributed by atoms with Gasteiger partial charge in [0.15, 0.2) is 0 Å². The molecule has 0 aromatic rings. The average molecular weight is 180 g/mol. The van der Waals surface area contributed by atoms with Crippen LogP contribution < -0.4 is 11.5 Å². The van der Waals surface area contributed by atoms with E-state index in [1.807, 2.05) is 0 Å². The number of hydrogen-bond acceptors (Lipinski definition) is 4. The van der Waals surface area contributed by atoms with E-state index < -0.39 is 0 Å². The Morgan fingerprint density at radius 1 is 0.833 bits per heavy atom. The third kappa shape index (κ3) is 95.3. The van der Waals surface area contributed by atoms with E-state index in [-0.39, 0.29) is 13.2 Å². The first-order valence-electron chi connectivity index (χ1n) is 4.36. The number of aliphatic hydroxyl groups is 2. The monoisotopic (exact) mass is 180 g/mol. The molecule has 0 bridgehead atoms. The molecule has 0 amide bonds. The molecular formula is C8H24N2O2. The number of hydrogen-bond donors (Lipinski definition) is 4. The summed E-state index contributed by atoms with van der Waals surface area (Å²) in [5.41, 5.74) is 10.1. The van der Waals surface area contributed by atoms with Gasteiger partial charge in [-0.2, -0.15) is 0 Å². The zero-order chi connectivity index (χ0) is 10.2. The van der Waals surface area contributed by atoms with E-state index in [4.69, 9.17) is 21.7 Å². The highest BCUT2D eigenvalue weighted by Gasteiger charge is 1.58. The molecule has 4 nitrogen and oxygen atoms in total. The van der Waals surface area contributed by atoms with Crippen LogP contribution in [0.15, 0.2) is 0 Å². The minimum Gasteiger partial charge on any atom is -0.394 e. The van der Waals surface area contributed by atoms with Crippen molar-refractivity contribution in [1.29, 1.82) is 0 Å². The number of aliphatic hydroxyl groups excluding tert-OH is 2. The Morgan fingerprint density at radius 2 is 1.00 bits per heavy atom. The van der Waals surface area contributed by atoms with E-state index in [0.29, 0.717) is 0 Å². The topological polar surface area (TPSA) is 92.5 Å². The van der Waals surface area contributed by atoms with Crippen LogP contribution >= 0.6 is 0 Å². The summed E-state index contributed by atoms with van der Waals surface area (Å²) in [7, 11) is 0. The molecule has 0 saturated heterocycles. The molecule has 0 heterocycles. The van der Waals surface area contributed by atoms with Crippen LogP contribution in [0.5, 0.6) is 0 Å². The molecule has 0 atom stereocenters. The summed E-state index contributed by atoms with van der Waals surface area (Å²) in [6.07, 6.45) is 2.19. The van der Waals surface area contributed by atoms with Gasteiger partial charge < -0.3 is 21.7 Å². The molecule has 78 valence electrons. The standard InChI is InChI=1S/2C3H9N.C2H6O2/c2*1-2-3-4;3-1-2-4/h2*2-4H2,1H3;3-4H,1-2H2. The lowest BCUT2D eigenvalue weighted by Gasteiger charge is -1.70. The molecule has 0 rings (SSSR count). The Morgan fingerprint density at radius 3 is 1.00 bits per heavy atom. The first-order chi connectivity index (χ1) is 5.74. The average Bonchev–Trinajstić information content (AvgIpc) is 2.18. The molecule has 0 radical (unpaired) electrons. The Labute approximate surface area is 75.6 Å². The smallest absolute Gasteiger partial charge is 0.0662 e. The van der Waals surface area contributed by atoms with Gasteiger partial charge in [0.2, 0.25) is 0 Å². The van der Waals surface area contributed by atoms with Crippen molar-refractivity contribution in [3.8, 4) is 0 Å². The molecule has 0 fully saturated rings. The Bertz CT molecular complexity index is 30.5. The molecule has 0 saturated carbocycles. The fourth-order valence-electron chi connectivity index (χ4n) is 0. The summed E-state index contributed by atoms with van der Waals surface area (Å²) in [5.74, 6) is 0. The van der Waals surface area contributed by atoms with Gasteiger partial charge in [0.25, 0.3) is 0 Å². The quantitative estimate of drug-likeness (QED) is 0.479. The van der Waals surface area contributed by atoms with Crippen molar-refractivity contribution in [2.75, 3.05) is 26.3 Å². The van der Waals surface area contributed by atoms with Crippen LogP contribution in [0.4, 0.5) is 0 Å². The van der Waals surface area contributed by atoms with Gasteiger partial charge in [-0.05, 0) is 25.9 Å².